The highest BCUT2D eigenvalue weighted by Gasteiger charge is 2.27. The lowest BCUT2D eigenvalue weighted by atomic mass is 10.0. The topological polar surface area (TPSA) is 80.9 Å². The molecule has 3 atom stereocenters. The van der Waals surface area contributed by atoms with Gasteiger partial charge in [0.25, 0.3) is 0 Å². The third kappa shape index (κ3) is 3.49. The van der Waals surface area contributed by atoms with E-state index in [1.54, 1.807) is 0 Å². The Balaban J connectivity index is 3.90. The fourth-order valence-electron chi connectivity index (χ4n) is 0.924. The van der Waals surface area contributed by atoms with Gasteiger partial charge in [-0.1, -0.05) is 13.3 Å². The first-order valence-corrected chi connectivity index (χ1v) is 4.07. The molecular weight excluding hydrogens is 160 g/mol. The maximum absolute atomic E-state index is 9.21. The summed E-state index contributed by atoms with van der Waals surface area (Å²) in [5, 5.41) is 36.3. The summed E-state index contributed by atoms with van der Waals surface area (Å²) in [4.78, 5) is 0. The third-order valence-electron chi connectivity index (χ3n) is 1.73. The molecule has 4 heteroatoms. The molecular formula is C8H17O4. The fourth-order valence-corrected chi connectivity index (χ4v) is 0.924. The first-order valence-electron chi connectivity index (χ1n) is 4.07. The molecule has 0 aromatic heterocycles. The maximum Gasteiger partial charge on any atom is 0.121 e. The lowest BCUT2D eigenvalue weighted by Crippen LogP contribution is -2.40. The summed E-state index contributed by atoms with van der Waals surface area (Å²) < 4.78 is 0. The highest BCUT2D eigenvalue weighted by molar-refractivity contribution is 4.88. The predicted molar refractivity (Wildman–Crippen MR) is 43.8 cm³/mol. The first-order chi connectivity index (χ1) is 5.50. The lowest BCUT2D eigenvalue weighted by Gasteiger charge is -2.23. The van der Waals surface area contributed by atoms with Crippen LogP contribution in [-0.4, -0.2) is 38.7 Å². The van der Waals surface area contributed by atoms with E-state index < -0.39 is 18.3 Å². The molecule has 0 bridgehead atoms. The van der Waals surface area contributed by atoms with Crippen LogP contribution >= 0.6 is 0 Å². The van der Waals surface area contributed by atoms with Crippen molar-refractivity contribution in [3.63, 3.8) is 0 Å². The molecule has 4 N–H and O–H groups in total. The highest BCUT2D eigenvalue weighted by Crippen LogP contribution is 2.12. The summed E-state index contributed by atoms with van der Waals surface area (Å²) in [5.41, 5.74) is 0. The number of aliphatic hydroxyl groups excluding tert-OH is 4. The van der Waals surface area contributed by atoms with Crippen LogP contribution in [0, 0.1) is 6.10 Å². The van der Waals surface area contributed by atoms with Crippen molar-refractivity contribution in [3.05, 3.63) is 6.10 Å². The molecule has 4 nitrogen and oxygen atoms in total. The van der Waals surface area contributed by atoms with Crippen molar-refractivity contribution >= 4 is 0 Å². The Bertz CT molecular complexity index is 116. The van der Waals surface area contributed by atoms with Crippen molar-refractivity contribution in [2.24, 2.45) is 0 Å². The predicted octanol–water partition coefficient (Wildman–Crippen LogP) is -0.206. The van der Waals surface area contributed by atoms with Gasteiger partial charge in [-0.05, 0) is 13.3 Å². The molecule has 0 saturated heterocycles. The molecule has 12 heavy (non-hydrogen) atoms. The fraction of sp³-hybridized carbons (Fsp3) is 0.875. The van der Waals surface area contributed by atoms with Gasteiger partial charge in [0.2, 0.25) is 0 Å². The summed E-state index contributed by atoms with van der Waals surface area (Å²) in [5.74, 6) is 0. The normalized spacial score (nSPS) is 19.2. The van der Waals surface area contributed by atoms with E-state index in [0.29, 0.717) is 6.42 Å². The molecule has 0 aromatic carbocycles. The van der Waals surface area contributed by atoms with Gasteiger partial charge in [0.1, 0.15) is 18.3 Å². The Morgan fingerprint density at radius 2 is 1.75 bits per heavy atom. The largest absolute Gasteiger partial charge is 0.390 e. The summed E-state index contributed by atoms with van der Waals surface area (Å²) in [6.07, 6.45) is -2.78. The molecule has 3 unspecified atom stereocenters. The molecule has 0 amide bonds. The second kappa shape index (κ2) is 5.48. The van der Waals surface area contributed by atoms with Crippen molar-refractivity contribution in [2.75, 3.05) is 0 Å². The average molecular weight is 177 g/mol. The van der Waals surface area contributed by atoms with Crippen LogP contribution in [-0.2, 0) is 0 Å². The van der Waals surface area contributed by atoms with Crippen LogP contribution in [0.25, 0.3) is 0 Å². The lowest BCUT2D eigenvalue weighted by molar-refractivity contribution is -0.0741. The van der Waals surface area contributed by atoms with E-state index in [4.69, 9.17) is 10.2 Å². The Kier molecular flexibility index (Phi) is 5.41. The minimum absolute atomic E-state index is 0.280. The minimum atomic E-state index is -1.36. The van der Waals surface area contributed by atoms with Crippen LogP contribution in [0.15, 0.2) is 0 Å². The SMILES string of the molecule is CCCC(O)C(O)C(O)[C](C)O. The van der Waals surface area contributed by atoms with Gasteiger partial charge in [0.15, 0.2) is 0 Å². The van der Waals surface area contributed by atoms with Crippen LogP contribution in [0.4, 0.5) is 0 Å². The molecule has 0 aliphatic carbocycles. The van der Waals surface area contributed by atoms with Gasteiger partial charge >= 0.3 is 0 Å². The van der Waals surface area contributed by atoms with E-state index in [2.05, 4.69) is 0 Å². The van der Waals surface area contributed by atoms with E-state index in [9.17, 15) is 10.2 Å². The number of rotatable bonds is 5. The smallest absolute Gasteiger partial charge is 0.121 e. The van der Waals surface area contributed by atoms with Crippen LogP contribution in [0.3, 0.4) is 0 Å². The quantitative estimate of drug-likeness (QED) is 0.468. The number of aliphatic hydroxyl groups is 4. The zero-order chi connectivity index (χ0) is 9.72. The van der Waals surface area contributed by atoms with Crippen LogP contribution in [0.5, 0.6) is 0 Å². The minimum Gasteiger partial charge on any atom is -0.390 e. The molecule has 0 saturated carbocycles. The van der Waals surface area contributed by atoms with Crippen LogP contribution in [0.2, 0.25) is 0 Å². The van der Waals surface area contributed by atoms with E-state index in [1.807, 2.05) is 6.92 Å². The van der Waals surface area contributed by atoms with Crippen molar-refractivity contribution in [1.29, 1.82) is 0 Å². The van der Waals surface area contributed by atoms with E-state index >= 15 is 0 Å². The monoisotopic (exact) mass is 177 g/mol. The Morgan fingerprint density at radius 3 is 2.08 bits per heavy atom. The summed E-state index contributed by atoms with van der Waals surface area (Å²) in [6, 6.07) is 0. The zero-order valence-corrected chi connectivity index (χ0v) is 7.44. The summed E-state index contributed by atoms with van der Waals surface area (Å²) in [6.45, 7) is 3.14. The van der Waals surface area contributed by atoms with Crippen LogP contribution < -0.4 is 0 Å². The number of hydrogen-bond donors (Lipinski definition) is 4. The molecule has 0 heterocycles. The second-order valence-corrected chi connectivity index (χ2v) is 2.93. The average Bonchev–Trinajstić information content (AvgIpc) is 2.02. The van der Waals surface area contributed by atoms with Gasteiger partial charge < -0.3 is 20.4 Å². The molecule has 0 aliphatic rings. The Morgan fingerprint density at radius 1 is 1.25 bits per heavy atom. The molecule has 0 fully saturated rings. The zero-order valence-electron chi connectivity index (χ0n) is 7.44. The Labute approximate surface area is 72.5 Å². The van der Waals surface area contributed by atoms with Gasteiger partial charge in [0, 0.05) is 0 Å². The van der Waals surface area contributed by atoms with Gasteiger partial charge in [-0.25, -0.2) is 0 Å². The first kappa shape index (κ1) is 11.8. The van der Waals surface area contributed by atoms with Crippen molar-refractivity contribution in [3.8, 4) is 0 Å². The van der Waals surface area contributed by atoms with E-state index in [1.165, 1.54) is 6.92 Å². The van der Waals surface area contributed by atoms with Crippen molar-refractivity contribution in [2.45, 2.75) is 45.0 Å². The molecule has 0 spiro atoms. The van der Waals surface area contributed by atoms with E-state index in [-0.39, 0.29) is 6.10 Å². The standard InChI is InChI=1S/C8H17O4/c1-3-4-6(10)8(12)7(11)5(2)9/h6-12H,3-4H2,1-2H3. The second-order valence-electron chi connectivity index (χ2n) is 2.93. The van der Waals surface area contributed by atoms with Crippen molar-refractivity contribution in [1.82, 2.24) is 0 Å². The summed E-state index contributed by atoms with van der Waals surface area (Å²) >= 11 is 0. The number of hydrogen-bond acceptors (Lipinski definition) is 4. The molecule has 0 aliphatic heterocycles. The summed E-state index contributed by atoms with van der Waals surface area (Å²) in [7, 11) is 0. The third-order valence-corrected chi connectivity index (χ3v) is 1.73. The van der Waals surface area contributed by atoms with Gasteiger partial charge in [0.05, 0.1) is 6.10 Å². The highest BCUT2D eigenvalue weighted by atomic mass is 16.4. The molecule has 0 rings (SSSR count). The Hall–Kier alpha value is -0.160. The van der Waals surface area contributed by atoms with Crippen molar-refractivity contribution < 1.29 is 20.4 Å². The van der Waals surface area contributed by atoms with Gasteiger partial charge in [-0.15, -0.1) is 0 Å². The van der Waals surface area contributed by atoms with Gasteiger partial charge in [-0.2, -0.15) is 0 Å². The molecule has 1 radical (unpaired) electrons. The maximum atomic E-state index is 9.21. The molecule has 0 aromatic rings. The van der Waals surface area contributed by atoms with Crippen LogP contribution in [0.1, 0.15) is 26.7 Å². The molecule has 73 valence electrons. The van der Waals surface area contributed by atoms with Gasteiger partial charge in [-0.3, -0.25) is 0 Å². The van der Waals surface area contributed by atoms with E-state index in [0.717, 1.165) is 6.42 Å².